The Bertz CT molecular complexity index is 704. The monoisotopic (exact) mass is 346 g/mol. The molecule has 1 atom stereocenters. The van der Waals surface area contributed by atoms with E-state index in [0.717, 1.165) is 22.4 Å². The van der Waals surface area contributed by atoms with Crippen molar-refractivity contribution in [1.29, 1.82) is 5.26 Å². The molecule has 2 rings (SSSR count). The molecule has 0 saturated heterocycles. The van der Waals surface area contributed by atoms with E-state index in [1.54, 1.807) is 12.2 Å². The molecule has 0 N–H and O–H groups in total. The van der Waals surface area contributed by atoms with Gasteiger partial charge in [0.05, 0.1) is 12.0 Å². The van der Waals surface area contributed by atoms with Gasteiger partial charge in [-0.2, -0.15) is 5.26 Å². The summed E-state index contributed by atoms with van der Waals surface area (Å²) in [4.78, 5) is 4.48. The molecule has 0 aliphatic carbocycles. The molecule has 0 bridgehead atoms. The van der Waals surface area contributed by atoms with Gasteiger partial charge in [-0.15, -0.1) is 0 Å². The lowest BCUT2D eigenvalue weighted by molar-refractivity contribution is 0.765. The van der Waals surface area contributed by atoms with Crippen molar-refractivity contribution in [2.75, 3.05) is 0 Å². The maximum atomic E-state index is 9.35. The van der Waals surface area contributed by atoms with Crippen LogP contribution in [0.25, 0.3) is 11.1 Å². The largest absolute Gasteiger partial charge is 0.261 e. The molecule has 1 heterocycles. The first kappa shape index (κ1) is 23.1. The number of pyridine rings is 1. The van der Waals surface area contributed by atoms with Gasteiger partial charge in [0.1, 0.15) is 0 Å². The highest BCUT2D eigenvalue weighted by atomic mass is 14.7. The normalized spacial score (nSPS) is 10.8. The Labute approximate surface area is 159 Å². The van der Waals surface area contributed by atoms with Crippen molar-refractivity contribution in [3.8, 4) is 17.2 Å². The van der Waals surface area contributed by atoms with Gasteiger partial charge in [0.2, 0.25) is 0 Å². The van der Waals surface area contributed by atoms with Crippen LogP contribution in [0.2, 0.25) is 0 Å². The fourth-order valence-corrected chi connectivity index (χ4v) is 2.26. The van der Waals surface area contributed by atoms with Gasteiger partial charge in [0.15, 0.2) is 0 Å². The minimum absolute atomic E-state index is 0.259. The van der Waals surface area contributed by atoms with Crippen molar-refractivity contribution in [3.05, 3.63) is 91.3 Å². The van der Waals surface area contributed by atoms with Crippen LogP contribution >= 0.6 is 0 Å². The van der Waals surface area contributed by atoms with E-state index in [4.69, 9.17) is 0 Å². The second-order valence-corrected chi connectivity index (χ2v) is 4.90. The maximum absolute atomic E-state index is 9.35. The number of nitriles is 1. The van der Waals surface area contributed by atoms with Crippen LogP contribution in [-0.2, 0) is 6.42 Å². The Morgan fingerprint density at radius 1 is 1.04 bits per heavy atom. The van der Waals surface area contributed by atoms with Gasteiger partial charge >= 0.3 is 0 Å². The van der Waals surface area contributed by atoms with Crippen molar-refractivity contribution in [1.82, 2.24) is 4.98 Å². The Morgan fingerprint density at radius 3 is 2.15 bits per heavy atom. The van der Waals surface area contributed by atoms with Crippen LogP contribution in [-0.4, -0.2) is 4.98 Å². The van der Waals surface area contributed by atoms with Crippen LogP contribution in [0.1, 0.15) is 33.4 Å². The lowest BCUT2D eigenvalue weighted by Crippen LogP contribution is -2.05. The van der Waals surface area contributed by atoms with E-state index in [2.05, 4.69) is 36.3 Å². The number of allylic oxidation sites excluding steroid dienone is 4. The zero-order valence-electron chi connectivity index (χ0n) is 16.4. The summed E-state index contributed by atoms with van der Waals surface area (Å²) >= 11 is 0. The van der Waals surface area contributed by atoms with E-state index < -0.39 is 0 Å². The molecule has 0 spiro atoms. The first-order valence-electron chi connectivity index (χ1n) is 9.13. The van der Waals surface area contributed by atoms with Crippen molar-refractivity contribution in [2.24, 2.45) is 5.92 Å². The highest BCUT2D eigenvalue weighted by Gasteiger charge is 2.12. The molecule has 1 aromatic carbocycles. The number of nitrogens with zero attached hydrogens (tertiary/aromatic N) is 2. The van der Waals surface area contributed by atoms with Crippen molar-refractivity contribution < 1.29 is 0 Å². The standard InChI is InChI=1S/C20H18N2.2C2H6/c1-3-8-16(4-2)19(14-21)13-20-12-11-18(15-22-20)17-9-6-5-7-10-17;2*1-2/h3-12,15,19H,1-2,13H2;2*1-2H3/b16-8+;;. The van der Waals surface area contributed by atoms with Gasteiger partial charge < -0.3 is 0 Å². The summed E-state index contributed by atoms with van der Waals surface area (Å²) in [6.45, 7) is 15.4. The minimum Gasteiger partial charge on any atom is -0.261 e. The Morgan fingerprint density at radius 2 is 1.69 bits per heavy atom. The summed E-state index contributed by atoms with van der Waals surface area (Å²) in [7, 11) is 0. The average molecular weight is 347 g/mol. The molecule has 0 fully saturated rings. The molecule has 0 saturated carbocycles. The smallest absolute Gasteiger partial charge is 0.0767 e. The minimum atomic E-state index is -0.259. The quantitative estimate of drug-likeness (QED) is 0.540. The molecule has 0 amide bonds. The van der Waals surface area contributed by atoms with Gasteiger partial charge in [0.25, 0.3) is 0 Å². The van der Waals surface area contributed by atoms with Gasteiger partial charge in [-0.05, 0) is 17.2 Å². The van der Waals surface area contributed by atoms with Gasteiger partial charge in [-0.3, -0.25) is 4.98 Å². The molecular formula is C24H30N2. The molecule has 2 aromatic rings. The average Bonchev–Trinajstić information content (AvgIpc) is 2.74. The highest BCUT2D eigenvalue weighted by molar-refractivity contribution is 5.62. The van der Waals surface area contributed by atoms with Crippen LogP contribution in [0.15, 0.2) is 85.6 Å². The first-order chi connectivity index (χ1) is 12.8. The number of aromatic nitrogens is 1. The fraction of sp³-hybridized carbons (Fsp3) is 0.250. The molecular weight excluding hydrogens is 316 g/mol. The van der Waals surface area contributed by atoms with Gasteiger partial charge in [0, 0.05) is 23.9 Å². The van der Waals surface area contributed by atoms with Gasteiger partial charge in [-0.25, -0.2) is 0 Å². The number of benzene rings is 1. The molecule has 0 aliphatic heterocycles. The fourth-order valence-electron chi connectivity index (χ4n) is 2.26. The lowest BCUT2D eigenvalue weighted by Gasteiger charge is -2.10. The molecule has 0 radical (unpaired) electrons. The van der Waals surface area contributed by atoms with Crippen molar-refractivity contribution in [3.63, 3.8) is 0 Å². The number of hydrogen-bond acceptors (Lipinski definition) is 2. The molecule has 2 nitrogen and oxygen atoms in total. The highest BCUT2D eigenvalue weighted by Crippen LogP contribution is 2.20. The van der Waals surface area contributed by atoms with Crippen molar-refractivity contribution in [2.45, 2.75) is 34.1 Å². The predicted molar refractivity (Wildman–Crippen MR) is 114 cm³/mol. The number of hydrogen-bond donors (Lipinski definition) is 0. The van der Waals surface area contributed by atoms with Crippen molar-refractivity contribution >= 4 is 0 Å². The zero-order valence-corrected chi connectivity index (χ0v) is 16.4. The first-order valence-corrected chi connectivity index (χ1v) is 9.13. The van der Waals surface area contributed by atoms with E-state index in [0.29, 0.717) is 6.42 Å². The van der Waals surface area contributed by atoms with Crippen LogP contribution in [0.3, 0.4) is 0 Å². The molecule has 2 heteroatoms. The van der Waals surface area contributed by atoms with Gasteiger partial charge in [-0.1, -0.05) is 95.5 Å². The zero-order chi connectivity index (χ0) is 19.8. The maximum Gasteiger partial charge on any atom is 0.0767 e. The number of rotatable bonds is 6. The second-order valence-electron chi connectivity index (χ2n) is 4.90. The summed E-state index contributed by atoms with van der Waals surface area (Å²) in [5.41, 5.74) is 3.97. The SMILES string of the molecule is C=C/C=C(\C=C)C(C#N)Cc1ccc(-c2ccccc2)cn1.CC.CC. The molecule has 1 aromatic heterocycles. The third-order valence-electron chi connectivity index (χ3n) is 3.45. The summed E-state index contributed by atoms with van der Waals surface area (Å²) in [6.07, 6.45) is 7.61. The lowest BCUT2D eigenvalue weighted by atomic mass is 9.94. The van der Waals surface area contributed by atoms with E-state index in [-0.39, 0.29) is 5.92 Å². The molecule has 136 valence electrons. The van der Waals surface area contributed by atoms with E-state index in [1.807, 2.05) is 70.3 Å². The Kier molecular flexibility index (Phi) is 12.8. The molecule has 26 heavy (non-hydrogen) atoms. The Balaban J connectivity index is 0.00000146. The van der Waals surface area contributed by atoms with E-state index in [1.165, 1.54) is 0 Å². The molecule has 0 aliphatic rings. The summed E-state index contributed by atoms with van der Waals surface area (Å²) in [5, 5.41) is 9.35. The Hall–Kier alpha value is -2.92. The van der Waals surface area contributed by atoms with E-state index >= 15 is 0 Å². The molecule has 1 unspecified atom stereocenters. The predicted octanol–water partition coefficient (Wildman–Crippen LogP) is 6.78. The van der Waals surface area contributed by atoms with Crippen LogP contribution < -0.4 is 0 Å². The summed E-state index contributed by atoms with van der Waals surface area (Å²) < 4.78 is 0. The third kappa shape index (κ3) is 7.32. The van der Waals surface area contributed by atoms with E-state index in [9.17, 15) is 5.26 Å². The third-order valence-corrected chi connectivity index (χ3v) is 3.45. The van der Waals surface area contributed by atoms with Crippen LogP contribution in [0.5, 0.6) is 0 Å². The summed E-state index contributed by atoms with van der Waals surface area (Å²) in [6, 6.07) is 16.4. The summed E-state index contributed by atoms with van der Waals surface area (Å²) in [5.74, 6) is -0.259. The second kappa shape index (κ2) is 14.4. The van der Waals surface area contributed by atoms with Crippen LogP contribution in [0.4, 0.5) is 0 Å². The topological polar surface area (TPSA) is 36.7 Å². The van der Waals surface area contributed by atoms with Crippen LogP contribution in [0, 0.1) is 17.2 Å².